The van der Waals surface area contributed by atoms with E-state index in [-0.39, 0.29) is 12.0 Å². The minimum atomic E-state index is -4.53. The summed E-state index contributed by atoms with van der Waals surface area (Å²) in [5.74, 6) is -1.33. The van der Waals surface area contributed by atoms with E-state index in [1.54, 1.807) is 19.0 Å². The summed E-state index contributed by atoms with van der Waals surface area (Å²) in [7, 11) is 3.37. The van der Waals surface area contributed by atoms with E-state index in [4.69, 9.17) is 10.8 Å². The smallest absolute Gasteiger partial charge is 0.416 e. The van der Waals surface area contributed by atoms with Crippen LogP contribution in [-0.2, 0) is 17.4 Å². The number of benzene rings is 1. The molecule has 1 aromatic carbocycles. The van der Waals surface area contributed by atoms with E-state index in [2.05, 4.69) is 0 Å². The Morgan fingerprint density at radius 2 is 2.00 bits per heavy atom. The highest BCUT2D eigenvalue weighted by Crippen LogP contribution is 2.34. The SMILES string of the molecule is CN(C)c1ccc(C(F)(F)F)c(CC(N)C(=O)O)c1. The summed E-state index contributed by atoms with van der Waals surface area (Å²) >= 11 is 0. The zero-order chi connectivity index (χ0) is 14.8. The van der Waals surface area contributed by atoms with Crippen molar-refractivity contribution in [2.24, 2.45) is 5.73 Å². The first-order valence-electron chi connectivity index (χ1n) is 5.48. The minimum absolute atomic E-state index is 0.117. The van der Waals surface area contributed by atoms with E-state index in [9.17, 15) is 18.0 Å². The molecule has 0 heterocycles. The number of hydrogen-bond donors (Lipinski definition) is 2. The van der Waals surface area contributed by atoms with Crippen LogP contribution in [0.15, 0.2) is 18.2 Å². The van der Waals surface area contributed by atoms with E-state index in [1.165, 1.54) is 12.1 Å². The van der Waals surface area contributed by atoms with Crippen molar-refractivity contribution in [3.63, 3.8) is 0 Å². The Bertz CT molecular complexity index is 473. The van der Waals surface area contributed by atoms with Crippen molar-refractivity contribution >= 4 is 11.7 Å². The fourth-order valence-corrected chi connectivity index (χ4v) is 1.63. The summed E-state index contributed by atoms with van der Waals surface area (Å²) in [6.07, 6.45) is -4.90. The summed E-state index contributed by atoms with van der Waals surface area (Å²) in [4.78, 5) is 12.3. The Morgan fingerprint density at radius 3 is 2.42 bits per heavy atom. The predicted molar refractivity (Wildman–Crippen MR) is 65.1 cm³/mol. The maximum absolute atomic E-state index is 12.8. The lowest BCUT2D eigenvalue weighted by Crippen LogP contribution is -2.33. The quantitative estimate of drug-likeness (QED) is 0.879. The molecule has 106 valence electrons. The molecular weight excluding hydrogens is 261 g/mol. The molecule has 0 radical (unpaired) electrons. The summed E-state index contributed by atoms with van der Waals surface area (Å²) in [5.41, 5.74) is 4.89. The normalized spacial score (nSPS) is 13.2. The number of carbonyl (C=O) groups is 1. The summed E-state index contributed by atoms with van der Waals surface area (Å²) in [6.45, 7) is 0. The van der Waals surface area contributed by atoms with Crippen LogP contribution in [-0.4, -0.2) is 31.2 Å². The highest BCUT2D eigenvalue weighted by atomic mass is 19.4. The van der Waals surface area contributed by atoms with Crippen LogP contribution < -0.4 is 10.6 Å². The molecule has 0 spiro atoms. The summed E-state index contributed by atoms with van der Waals surface area (Å²) < 4.78 is 38.5. The van der Waals surface area contributed by atoms with E-state index in [0.29, 0.717) is 5.69 Å². The Kier molecular flexibility index (Phi) is 4.41. The van der Waals surface area contributed by atoms with Crippen molar-refractivity contribution in [2.45, 2.75) is 18.6 Å². The molecule has 0 bridgehead atoms. The third-order valence-corrected chi connectivity index (χ3v) is 2.67. The average Bonchev–Trinajstić information content (AvgIpc) is 2.27. The second-order valence-electron chi connectivity index (χ2n) is 4.38. The molecule has 0 aliphatic heterocycles. The van der Waals surface area contributed by atoms with Gasteiger partial charge >= 0.3 is 12.1 Å². The Balaban J connectivity index is 3.22. The number of anilines is 1. The van der Waals surface area contributed by atoms with Crippen molar-refractivity contribution < 1.29 is 23.1 Å². The molecule has 0 fully saturated rings. The van der Waals surface area contributed by atoms with Gasteiger partial charge in [-0.05, 0) is 30.2 Å². The number of hydrogen-bond acceptors (Lipinski definition) is 3. The van der Waals surface area contributed by atoms with Crippen LogP contribution in [0.3, 0.4) is 0 Å². The largest absolute Gasteiger partial charge is 0.480 e. The summed E-state index contributed by atoms with van der Waals surface area (Å²) in [6, 6.07) is 2.22. The van der Waals surface area contributed by atoms with Crippen LogP contribution in [0.4, 0.5) is 18.9 Å². The molecule has 1 rings (SSSR count). The van der Waals surface area contributed by atoms with Gasteiger partial charge < -0.3 is 15.7 Å². The lowest BCUT2D eigenvalue weighted by atomic mass is 9.99. The van der Waals surface area contributed by atoms with Crippen LogP contribution in [0.2, 0.25) is 0 Å². The third kappa shape index (κ3) is 3.85. The highest BCUT2D eigenvalue weighted by molar-refractivity contribution is 5.73. The number of halogens is 3. The second kappa shape index (κ2) is 5.48. The van der Waals surface area contributed by atoms with Crippen LogP contribution in [0.25, 0.3) is 0 Å². The molecule has 4 nitrogen and oxygen atoms in total. The fourth-order valence-electron chi connectivity index (χ4n) is 1.63. The monoisotopic (exact) mass is 276 g/mol. The van der Waals surface area contributed by atoms with Crippen LogP contribution in [0.1, 0.15) is 11.1 Å². The lowest BCUT2D eigenvalue weighted by molar-refractivity contribution is -0.140. The number of carboxylic acid groups (broad SMARTS) is 1. The van der Waals surface area contributed by atoms with Gasteiger partial charge in [0.2, 0.25) is 0 Å². The molecular formula is C12H15F3N2O2. The molecule has 0 saturated carbocycles. The molecule has 0 aliphatic rings. The highest BCUT2D eigenvalue weighted by Gasteiger charge is 2.34. The fraction of sp³-hybridized carbons (Fsp3) is 0.417. The molecule has 0 saturated heterocycles. The zero-order valence-electron chi connectivity index (χ0n) is 10.5. The van der Waals surface area contributed by atoms with Gasteiger partial charge in [-0.2, -0.15) is 13.2 Å². The van der Waals surface area contributed by atoms with Gasteiger partial charge in [0.15, 0.2) is 0 Å². The Morgan fingerprint density at radius 1 is 1.42 bits per heavy atom. The van der Waals surface area contributed by atoms with Crippen molar-refractivity contribution in [2.75, 3.05) is 19.0 Å². The standard InChI is InChI=1S/C12H15F3N2O2/c1-17(2)8-3-4-9(12(13,14)15)7(5-8)6-10(16)11(18)19/h3-5,10H,6,16H2,1-2H3,(H,18,19). The first-order valence-corrected chi connectivity index (χ1v) is 5.48. The Hall–Kier alpha value is -1.76. The van der Waals surface area contributed by atoms with Crippen molar-refractivity contribution in [3.05, 3.63) is 29.3 Å². The molecule has 1 unspecified atom stereocenters. The van der Waals surface area contributed by atoms with Crippen molar-refractivity contribution in [1.29, 1.82) is 0 Å². The number of carboxylic acids is 1. The second-order valence-corrected chi connectivity index (χ2v) is 4.38. The molecule has 1 aromatic rings. The average molecular weight is 276 g/mol. The van der Waals surface area contributed by atoms with E-state index in [0.717, 1.165) is 6.07 Å². The van der Waals surface area contributed by atoms with Gasteiger partial charge in [-0.3, -0.25) is 4.79 Å². The van der Waals surface area contributed by atoms with Crippen molar-refractivity contribution in [3.8, 4) is 0 Å². The van der Waals surface area contributed by atoms with Gasteiger partial charge in [0, 0.05) is 19.8 Å². The topological polar surface area (TPSA) is 66.6 Å². The maximum atomic E-state index is 12.8. The van der Waals surface area contributed by atoms with E-state index < -0.39 is 23.8 Å². The lowest BCUT2D eigenvalue weighted by Gasteiger charge is -2.19. The van der Waals surface area contributed by atoms with Gasteiger partial charge in [0.1, 0.15) is 6.04 Å². The molecule has 19 heavy (non-hydrogen) atoms. The van der Waals surface area contributed by atoms with Crippen LogP contribution in [0, 0.1) is 0 Å². The van der Waals surface area contributed by atoms with Crippen LogP contribution >= 0.6 is 0 Å². The maximum Gasteiger partial charge on any atom is 0.416 e. The van der Waals surface area contributed by atoms with Crippen LogP contribution in [0.5, 0.6) is 0 Å². The Labute approximate surface area is 108 Å². The zero-order valence-corrected chi connectivity index (χ0v) is 10.5. The molecule has 0 aromatic heterocycles. The first kappa shape index (κ1) is 15.3. The number of rotatable bonds is 4. The molecule has 1 atom stereocenters. The number of alkyl halides is 3. The predicted octanol–water partition coefficient (Wildman–Crippen LogP) is 1.73. The summed E-state index contributed by atoms with van der Waals surface area (Å²) in [5, 5.41) is 8.70. The molecule has 3 N–H and O–H groups in total. The van der Waals surface area contributed by atoms with Gasteiger partial charge in [0.25, 0.3) is 0 Å². The minimum Gasteiger partial charge on any atom is -0.480 e. The molecule has 0 amide bonds. The molecule has 0 aliphatic carbocycles. The first-order chi connectivity index (χ1) is 8.62. The van der Waals surface area contributed by atoms with Gasteiger partial charge in [-0.25, -0.2) is 0 Å². The van der Waals surface area contributed by atoms with Gasteiger partial charge in [-0.1, -0.05) is 0 Å². The van der Waals surface area contributed by atoms with Crippen molar-refractivity contribution in [1.82, 2.24) is 0 Å². The van der Waals surface area contributed by atoms with E-state index >= 15 is 0 Å². The third-order valence-electron chi connectivity index (χ3n) is 2.67. The molecule has 7 heteroatoms. The number of aliphatic carboxylic acids is 1. The van der Waals surface area contributed by atoms with Gasteiger partial charge in [-0.15, -0.1) is 0 Å². The number of nitrogens with zero attached hydrogens (tertiary/aromatic N) is 1. The van der Waals surface area contributed by atoms with E-state index in [1.807, 2.05) is 0 Å². The van der Waals surface area contributed by atoms with Gasteiger partial charge in [0.05, 0.1) is 5.56 Å². The number of nitrogens with two attached hydrogens (primary N) is 1.